The third-order valence-corrected chi connectivity index (χ3v) is 4.49. The van der Waals surface area contributed by atoms with Gasteiger partial charge in [-0.05, 0) is 16.7 Å². The first-order valence-corrected chi connectivity index (χ1v) is 10.2. The van der Waals surface area contributed by atoms with Crippen molar-refractivity contribution in [3.63, 3.8) is 0 Å². The van der Waals surface area contributed by atoms with Crippen molar-refractivity contribution in [2.24, 2.45) is 4.99 Å². The average Bonchev–Trinajstić information content (AvgIpc) is 2.55. The molecule has 0 fully saturated rings. The number of guanidine groups is 1. The molecule has 0 spiro atoms. The van der Waals surface area contributed by atoms with Crippen molar-refractivity contribution < 1.29 is 8.42 Å². The SMILES string of the molecule is CN(C)C(=NCc1ccccc1)NCc1ccccc1CS(C)(=O)=O.I. The van der Waals surface area contributed by atoms with Crippen LogP contribution >= 0.6 is 24.0 Å². The summed E-state index contributed by atoms with van der Waals surface area (Å²) in [7, 11) is 0.790. The second kappa shape index (κ2) is 10.5. The van der Waals surface area contributed by atoms with Crippen LogP contribution in [0, 0.1) is 0 Å². The molecule has 0 atom stereocenters. The van der Waals surface area contributed by atoms with Crippen LogP contribution in [0.5, 0.6) is 0 Å². The molecule has 5 nitrogen and oxygen atoms in total. The highest BCUT2D eigenvalue weighted by atomic mass is 127. The van der Waals surface area contributed by atoms with Crippen LogP contribution in [0.15, 0.2) is 59.6 Å². The monoisotopic (exact) mass is 487 g/mol. The van der Waals surface area contributed by atoms with Gasteiger partial charge in [-0.1, -0.05) is 54.6 Å². The molecule has 2 rings (SSSR count). The van der Waals surface area contributed by atoms with Crippen LogP contribution in [0.3, 0.4) is 0 Å². The Balaban J connectivity index is 0.00000338. The fraction of sp³-hybridized carbons (Fsp3) is 0.316. The molecule has 1 N–H and O–H groups in total. The van der Waals surface area contributed by atoms with Crippen LogP contribution in [0.2, 0.25) is 0 Å². The van der Waals surface area contributed by atoms with E-state index in [-0.39, 0.29) is 29.7 Å². The zero-order valence-electron chi connectivity index (χ0n) is 15.3. The number of halogens is 1. The lowest BCUT2D eigenvalue weighted by Gasteiger charge is -2.19. The zero-order chi connectivity index (χ0) is 18.3. The van der Waals surface area contributed by atoms with Crippen LogP contribution in [0.25, 0.3) is 0 Å². The molecule has 2 aromatic carbocycles. The topological polar surface area (TPSA) is 61.8 Å². The van der Waals surface area contributed by atoms with E-state index in [9.17, 15) is 8.42 Å². The predicted octanol–water partition coefficient (Wildman–Crippen LogP) is 3.06. The Labute approximate surface area is 173 Å². The summed E-state index contributed by atoms with van der Waals surface area (Å²) >= 11 is 0. The number of benzene rings is 2. The van der Waals surface area contributed by atoms with Gasteiger partial charge >= 0.3 is 0 Å². The van der Waals surface area contributed by atoms with E-state index >= 15 is 0 Å². The van der Waals surface area contributed by atoms with E-state index in [1.807, 2.05) is 73.6 Å². The lowest BCUT2D eigenvalue weighted by molar-refractivity contribution is 0.578. The number of sulfone groups is 1. The summed E-state index contributed by atoms with van der Waals surface area (Å²) in [6, 6.07) is 17.6. The van der Waals surface area contributed by atoms with Crippen LogP contribution in [0.4, 0.5) is 0 Å². The van der Waals surface area contributed by atoms with E-state index < -0.39 is 9.84 Å². The molecule has 0 saturated carbocycles. The van der Waals surface area contributed by atoms with E-state index in [1.165, 1.54) is 6.26 Å². The van der Waals surface area contributed by atoms with Crippen molar-refractivity contribution in [2.45, 2.75) is 18.8 Å². The molecule has 7 heteroatoms. The first-order chi connectivity index (χ1) is 11.8. The molecule has 0 radical (unpaired) electrons. The molecule has 0 bridgehead atoms. The van der Waals surface area contributed by atoms with Gasteiger partial charge in [0.2, 0.25) is 0 Å². The predicted molar refractivity (Wildman–Crippen MR) is 119 cm³/mol. The smallest absolute Gasteiger partial charge is 0.194 e. The molecule has 0 aliphatic rings. The van der Waals surface area contributed by atoms with Crippen molar-refractivity contribution in [2.75, 3.05) is 20.4 Å². The van der Waals surface area contributed by atoms with Gasteiger partial charge in [-0.2, -0.15) is 0 Å². The number of hydrogen-bond acceptors (Lipinski definition) is 3. The Morgan fingerprint density at radius 3 is 2.15 bits per heavy atom. The quantitative estimate of drug-likeness (QED) is 0.387. The summed E-state index contributed by atoms with van der Waals surface area (Å²) < 4.78 is 23.2. The van der Waals surface area contributed by atoms with E-state index in [4.69, 9.17) is 0 Å². The first-order valence-electron chi connectivity index (χ1n) is 8.09. The minimum Gasteiger partial charge on any atom is -0.352 e. The highest BCUT2D eigenvalue weighted by Gasteiger charge is 2.10. The Bertz CT molecular complexity index is 822. The number of hydrogen-bond donors (Lipinski definition) is 1. The van der Waals surface area contributed by atoms with Crippen LogP contribution in [0.1, 0.15) is 16.7 Å². The highest BCUT2D eigenvalue weighted by molar-refractivity contribution is 14.0. The van der Waals surface area contributed by atoms with Crippen molar-refractivity contribution in [1.29, 1.82) is 0 Å². The van der Waals surface area contributed by atoms with Crippen molar-refractivity contribution >= 4 is 39.8 Å². The Kier molecular flexibility index (Phi) is 9.07. The maximum atomic E-state index is 11.6. The summed E-state index contributed by atoms with van der Waals surface area (Å²) in [6.07, 6.45) is 1.25. The first kappa shape index (κ1) is 22.4. The maximum Gasteiger partial charge on any atom is 0.194 e. The normalized spacial score (nSPS) is 11.6. The molecule has 142 valence electrons. The van der Waals surface area contributed by atoms with Gasteiger partial charge in [0.1, 0.15) is 0 Å². The van der Waals surface area contributed by atoms with E-state index in [0.717, 1.165) is 22.6 Å². The second-order valence-corrected chi connectivity index (χ2v) is 8.35. The molecule has 2 aromatic rings. The minimum atomic E-state index is -3.07. The highest BCUT2D eigenvalue weighted by Crippen LogP contribution is 2.12. The van der Waals surface area contributed by atoms with Crippen LogP contribution in [-0.2, 0) is 28.7 Å². The lowest BCUT2D eigenvalue weighted by Crippen LogP contribution is -2.36. The molecule has 0 aliphatic heterocycles. The third kappa shape index (κ3) is 7.74. The largest absolute Gasteiger partial charge is 0.352 e. The Morgan fingerprint density at radius 1 is 1.00 bits per heavy atom. The Morgan fingerprint density at radius 2 is 1.58 bits per heavy atom. The number of nitrogens with zero attached hydrogens (tertiary/aromatic N) is 2. The maximum absolute atomic E-state index is 11.6. The van der Waals surface area contributed by atoms with Crippen molar-refractivity contribution in [3.05, 3.63) is 71.3 Å². The van der Waals surface area contributed by atoms with Gasteiger partial charge in [0.05, 0.1) is 12.3 Å². The van der Waals surface area contributed by atoms with Crippen molar-refractivity contribution in [3.8, 4) is 0 Å². The van der Waals surface area contributed by atoms with Gasteiger partial charge in [-0.3, -0.25) is 0 Å². The van der Waals surface area contributed by atoms with Gasteiger partial charge in [0, 0.05) is 26.9 Å². The van der Waals surface area contributed by atoms with E-state index in [0.29, 0.717) is 13.1 Å². The van der Waals surface area contributed by atoms with Gasteiger partial charge < -0.3 is 10.2 Å². The lowest BCUT2D eigenvalue weighted by atomic mass is 10.1. The number of nitrogens with one attached hydrogen (secondary N) is 1. The molecule has 0 saturated heterocycles. The number of aliphatic imine (C=N–C) groups is 1. The molecule has 0 heterocycles. The summed E-state index contributed by atoms with van der Waals surface area (Å²) in [5.41, 5.74) is 2.92. The molecule has 0 aromatic heterocycles. The fourth-order valence-electron chi connectivity index (χ4n) is 2.43. The minimum absolute atomic E-state index is 0. The molecule has 0 aliphatic carbocycles. The molecule has 0 amide bonds. The number of rotatable bonds is 6. The summed E-state index contributed by atoms with van der Waals surface area (Å²) in [5.74, 6) is 0.807. The molecular weight excluding hydrogens is 461 g/mol. The van der Waals surface area contributed by atoms with E-state index in [2.05, 4.69) is 10.3 Å². The van der Waals surface area contributed by atoms with Crippen LogP contribution in [-0.4, -0.2) is 39.6 Å². The zero-order valence-corrected chi connectivity index (χ0v) is 18.5. The summed E-state index contributed by atoms with van der Waals surface area (Å²) in [6.45, 7) is 1.11. The average molecular weight is 487 g/mol. The molecular formula is C19H26IN3O2S. The summed E-state index contributed by atoms with van der Waals surface area (Å²) in [4.78, 5) is 6.54. The van der Waals surface area contributed by atoms with Crippen molar-refractivity contribution in [1.82, 2.24) is 10.2 Å². The van der Waals surface area contributed by atoms with Crippen LogP contribution < -0.4 is 5.32 Å². The molecule has 26 heavy (non-hydrogen) atoms. The van der Waals surface area contributed by atoms with Gasteiger partial charge in [0.25, 0.3) is 0 Å². The summed E-state index contributed by atoms with van der Waals surface area (Å²) in [5, 5.41) is 3.31. The van der Waals surface area contributed by atoms with Gasteiger partial charge in [-0.15, -0.1) is 24.0 Å². The van der Waals surface area contributed by atoms with Gasteiger partial charge in [-0.25, -0.2) is 13.4 Å². The third-order valence-electron chi connectivity index (χ3n) is 3.65. The standard InChI is InChI=1S/C19H25N3O2S.HI/c1-22(2)19(20-13-16-9-5-4-6-10-16)21-14-17-11-7-8-12-18(17)15-25(3,23)24;/h4-12H,13-15H2,1-3H3,(H,20,21);1H. The fourth-order valence-corrected chi connectivity index (χ4v) is 3.28. The van der Waals surface area contributed by atoms with E-state index in [1.54, 1.807) is 0 Å². The second-order valence-electron chi connectivity index (χ2n) is 6.21. The Hall–Kier alpha value is -1.61. The van der Waals surface area contributed by atoms with Gasteiger partial charge in [0.15, 0.2) is 15.8 Å². The molecule has 0 unspecified atom stereocenters.